The first-order valence-electron chi connectivity index (χ1n) is 11.8. The van der Waals surface area contributed by atoms with Gasteiger partial charge < -0.3 is 19.1 Å². The zero-order valence-corrected chi connectivity index (χ0v) is 21.6. The molecule has 0 bridgehead atoms. The molecule has 1 saturated heterocycles. The van der Waals surface area contributed by atoms with Gasteiger partial charge in [-0.2, -0.15) is 0 Å². The third-order valence-electron chi connectivity index (χ3n) is 6.25. The molecule has 0 aliphatic carbocycles. The molecular formula is C28H33N3O3S. The minimum Gasteiger partial charge on any atom is -0.588 e. The number of anilines is 2. The second-order valence-corrected chi connectivity index (χ2v) is 10.9. The van der Waals surface area contributed by atoms with E-state index in [0.717, 1.165) is 30.2 Å². The molecule has 0 spiro atoms. The van der Waals surface area contributed by atoms with Crippen molar-refractivity contribution >= 4 is 28.6 Å². The number of ether oxygens (including phenoxy) is 1. The summed E-state index contributed by atoms with van der Waals surface area (Å²) in [4.78, 5) is 17.9. The predicted molar refractivity (Wildman–Crippen MR) is 143 cm³/mol. The number of amides is 1. The summed E-state index contributed by atoms with van der Waals surface area (Å²) in [5, 5.41) is 0. The average molecular weight is 492 g/mol. The van der Waals surface area contributed by atoms with Gasteiger partial charge >= 0.3 is 0 Å². The second kappa shape index (κ2) is 10.6. The second-order valence-electron chi connectivity index (χ2n) is 9.68. The van der Waals surface area contributed by atoms with Gasteiger partial charge in [0.2, 0.25) is 0 Å². The first kappa shape index (κ1) is 24.9. The maximum Gasteiger partial charge on any atom is 0.254 e. The van der Waals surface area contributed by atoms with E-state index >= 15 is 0 Å². The maximum atomic E-state index is 13.2. The Labute approximate surface area is 211 Å². The number of rotatable bonds is 6. The summed E-state index contributed by atoms with van der Waals surface area (Å²) in [6.07, 6.45) is 0. The summed E-state index contributed by atoms with van der Waals surface area (Å²) in [5.74, 6) is 0.793. The molecule has 1 heterocycles. The number of benzene rings is 3. The largest absolute Gasteiger partial charge is 0.588 e. The molecule has 1 fully saturated rings. The molecule has 1 unspecified atom stereocenters. The number of carbonyl (C=O) groups excluding carboxylic acids is 1. The van der Waals surface area contributed by atoms with Crippen LogP contribution in [0.2, 0.25) is 0 Å². The number of nitrogens with one attached hydrogen (secondary N) is 1. The number of hydrogen-bond acceptors (Lipinski definition) is 5. The highest BCUT2D eigenvalue weighted by Gasteiger charge is 2.25. The van der Waals surface area contributed by atoms with Crippen molar-refractivity contribution in [3.05, 3.63) is 83.9 Å². The van der Waals surface area contributed by atoms with E-state index < -0.39 is 11.4 Å². The van der Waals surface area contributed by atoms with Crippen molar-refractivity contribution in [1.82, 2.24) is 4.90 Å². The molecule has 1 amide bonds. The van der Waals surface area contributed by atoms with Crippen LogP contribution in [-0.4, -0.2) is 48.6 Å². The normalized spacial score (nSPS) is 15.0. The summed E-state index contributed by atoms with van der Waals surface area (Å²) < 4.78 is 21.5. The summed E-state index contributed by atoms with van der Waals surface area (Å²) in [6.45, 7) is 9.16. The highest BCUT2D eigenvalue weighted by molar-refractivity contribution is 7.92. The number of para-hydroxylation sites is 2. The fraction of sp³-hybridized carbons (Fsp3) is 0.321. The van der Waals surface area contributed by atoms with Gasteiger partial charge in [-0.05, 0) is 47.4 Å². The molecule has 184 valence electrons. The Bertz CT molecular complexity index is 1150. The fourth-order valence-corrected chi connectivity index (χ4v) is 5.08. The Morgan fingerprint density at radius 2 is 1.63 bits per heavy atom. The first-order chi connectivity index (χ1) is 16.8. The van der Waals surface area contributed by atoms with Crippen LogP contribution in [0.5, 0.6) is 5.75 Å². The lowest BCUT2D eigenvalue weighted by atomic mass is 9.87. The summed E-state index contributed by atoms with van der Waals surface area (Å²) in [7, 11) is 1.67. The van der Waals surface area contributed by atoms with Gasteiger partial charge in [-0.1, -0.05) is 51.1 Å². The topological polar surface area (TPSA) is 67.9 Å². The molecule has 7 heteroatoms. The van der Waals surface area contributed by atoms with E-state index in [1.165, 1.54) is 5.56 Å². The molecule has 3 aromatic carbocycles. The van der Waals surface area contributed by atoms with Crippen molar-refractivity contribution in [2.45, 2.75) is 31.1 Å². The van der Waals surface area contributed by atoms with Gasteiger partial charge in [-0.25, -0.2) is 4.72 Å². The third-order valence-corrected chi connectivity index (χ3v) is 7.35. The van der Waals surface area contributed by atoms with E-state index in [-0.39, 0.29) is 11.3 Å². The quantitative estimate of drug-likeness (QED) is 0.487. The van der Waals surface area contributed by atoms with Crippen molar-refractivity contribution < 1.29 is 14.1 Å². The number of carbonyl (C=O) groups is 1. The molecule has 0 aromatic heterocycles. The molecule has 1 aliphatic rings. The Morgan fingerprint density at radius 1 is 0.943 bits per heavy atom. The van der Waals surface area contributed by atoms with Crippen LogP contribution in [0, 0.1) is 0 Å². The lowest BCUT2D eigenvalue weighted by Crippen LogP contribution is -2.48. The first-order valence-corrected chi connectivity index (χ1v) is 13.0. The molecule has 3 aromatic rings. The lowest BCUT2D eigenvalue weighted by molar-refractivity contribution is 0.0746. The summed E-state index contributed by atoms with van der Waals surface area (Å²) in [5.41, 5.74) is 3.64. The highest BCUT2D eigenvalue weighted by atomic mass is 32.2. The van der Waals surface area contributed by atoms with Crippen LogP contribution >= 0.6 is 0 Å². The lowest BCUT2D eigenvalue weighted by Gasteiger charge is -2.36. The van der Waals surface area contributed by atoms with Crippen molar-refractivity contribution in [3.8, 4) is 5.75 Å². The molecule has 0 radical (unpaired) electrons. The van der Waals surface area contributed by atoms with Crippen LogP contribution in [0.1, 0.15) is 36.7 Å². The standard InChI is InChI=1S/C28H33N3O3S/c1-28(2,3)22-12-14-23(15-13-22)29-35(33)24-9-7-8-21(20-24)27(32)31-18-16-30(17-19-31)25-10-5-6-11-26(25)34-4/h5-15,20,29H,16-19H2,1-4H3. The van der Waals surface area contributed by atoms with Crippen LogP contribution in [0.25, 0.3) is 0 Å². The van der Waals surface area contributed by atoms with Crippen molar-refractivity contribution in [1.29, 1.82) is 0 Å². The molecule has 1 N–H and O–H groups in total. The molecule has 35 heavy (non-hydrogen) atoms. The third kappa shape index (κ3) is 5.92. The Morgan fingerprint density at radius 3 is 2.29 bits per heavy atom. The number of piperazine rings is 1. The van der Waals surface area contributed by atoms with Crippen LogP contribution in [0.15, 0.2) is 77.7 Å². The maximum absolute atomic E-state index is 13.2. The molecule has 1 atom stereocenters. The molecule has 4 rings (SSSR count). The van der Waals surface area contributed by atoms with Gasteiger partial charge in [0, 0.05) is 37.8 Å². The van der Waals surface area contributed by atoms with Gasteiger partial charge in [0.1, 0.15) is 17.1 Å². The minimum atomic E-state index is -1.47. The van der Waals surface area contributed by atoms with E-state index in [1.54, 1.807) is 31.4 Å². The summed E-state index contributed by atoms with van der Waals surface area (Å²) in [6, 6.07) is 23.0. The zero-order chi connectivity index (χ0) is 25.0. The fourth-order valence-electron chi connectivity index (χ4n) is 4.17. The van der Waals surface area contributed by atoms with E-state index in [2.05, 4.69) is 30.4 Å². The average Bonchev–Trinajstić information content (AvgIpc) is 2.88. The minimum absolute atomic E-state index is 0.0435. The number of methoxy groups -OCH3 is 1. The molecule has 1 aliphatic heterocycles. The van der Waals surface area contributed by atoms with Gasteiger partial charge in [0.15, 0.2) is 4.90 Å². The van der Waals surface area contributed by atoms with Gasteiger partial charge in [0.25, 0.3) is 5.91 Å². The molecular weight excluding hydrogens is 458 g/mol. The number of nitrogens with zero attached hydrogens (tertiary/aromatic N) is 2. The molecule has 6 nitrogen and oxygen atoms in total. The van der Waals surface area contributed by atoms with Gasteiger partial charge in [0.05, 0.1) is 18.5 Å². The molecule has 0 saturated carbocycles. The van der Waals surface area contributed by atoms with Crippen LogP contribution < -0.4 is 14.4 Å². The predicted octanol–water partition coefficient (Wildman–Crippen LogP) is 5.09. The van der Waals surface area contributed by atoms with Crippen LogP contribution in [-0.2, 0) is 16.8 Å². The Balaban J connectivity index is 1.39. The number of hydrogen-bond donors (Lipinski definition) is 1. The van der Waals surface area contributed by atoms with Crippen molar-refractivity contribution in [2.75, 3.05) is 42.9 Å². The highest BCUT2D eigenvalue weighted by Crippen LogP contribution is 2.29. The van der Waals surface area contributed by atoms with E-state index in [1.807, 2.05) is 53.4 Å². The van der Waals surface area contributed by atoms with Crippen LogP contribution in [0.3, 0.4) is 0 Å². The monoisotopic (exact) mass is 491 g/mol. The van der Waals surface area contributed by atoms with E-state index in [9.17, 15) is 9.35 Å². The van der Waals surface area contributed by atoms with E-state index in [0.29, 0.717) is 23.5 Å². The van der Waals surface area contributed by atoms with Gasteiger partial charge in [-0.15, -0.1) is 0 Å². The Hall–Kier alpha value is -3.16. The summed E-state index contributed by atoms with van der Waals surface area (Å²) >= 11 is -1.47. The SMILES string of the molecule is COc1ccccc1N1CCN(C(=O)c2cccc([S+]([O-])Nc3ccc(C(C)(C)C)cc3)c2)CC1. The van der Waals surface area contributed by atoms with Crippen molar-refractivity contribution in [3.63, 3.8) is 0 Å². The smallest absolute Gasteiger partial charge is 0.254 e. The van der Waals surface area contributed by atoms with Crippen molar-refractivity contribution in [2.24, 2.45) is 0 Å². The van der Waals surface area contributed by atoms with Gasteiger partial charge in [-0.3, -0.25) is 4.79 Å². The van der Waals surface area contributed by atoms with E-state index in [4.69, 9.17) is 4.74 Å². The Kier molecular flexibility index (Phi) is 7.57. The van der Waals surface area contributed by atoms with Crippen LogP contribution in [0.4, 0.5) is 11.4 Å². The zero-order valence-electron chi connectivity index (χ0n) is 20.8.